The van der Waals surface area contributed by atoms with E-state index >= 15 is 0 Å². The number of hydrogen-bond acceptors (Lipinski definition) is 4. The molecule has 0 saturated heterocycles. The number of nitro groups is 1. The van der Waals surface area contributed by atoms with Crippen molar-refractivity contribution in [3.8, 4) is 0 Å². The summed E-state index contributed by atoms with van der Waals surface area (Å²) in [6, 6.07) is 6.52. The Hall–Kier alpha value is -1.80. The molecular weight excluding hydrogens is 351 g/mol. The number of amides is 1. The van der Waals surface area contributed by atoms with Crippen molar-refractivity contribution in [2.75, 3.05) is 0 Å². The number of halogens is 2. The second kappa shape index (κ2) is 6.10. The fraction of sp³-hybridized carbons (Fsp3) is 0.0833. The summed E-state index contributed by atoms with van der Waals surface area (Å²) in [5.41, 5.74) is -0.707. The van der Waals surface area contributed by atoms with Crippen molar-refractivity contribution < 1.29 is 14.1 Å². The topological polar surface area (TPSA) is 72.2 Å². The van der Waals surface area contributed by atoms with Crippen LogP contribution in [-0.2, 0) is 6.54 Å². The molecular formula is C12H8BrFN2O3S. The fourth-order valence-electron chi connectivity index (χ4n) is 1.56. The molecule has 0 aliphatic heterocycles. The Morgan fingerprint density at radius 2 is 2.15 bits per heavy atom. The maximum Gasteiger partial charge on any atom is 0.285 e. The van der Waals surface area contributed by atoms with Gasteiger partial charge < -0.3 is 5.32 Å². The molecule has 0 bridgehead atoms. The van der Waals surface area contributed by atoms with Crippen molar-refractivity contribution in [3.05, 3.63) is 60.5 Å². The summed E-state index contributed by atoms with van der Waals surface area (Å²) in [5.74, 6) is -1.36. The molecule has 104 valence electrons. The van der Waals surface area contributed by atoms with Gasteiger partial charge in [0.25, 0.3) is 11.6 Å². The summed E-state index contributed by atoms with van der Waals surface area (Å²) in [5, 5.41) is 13.4. The van der Waals surface area contributed by atoms with E-state index in [0.29, 0.717) is 0 Å². The molecule has 0 unspecified atom stereocenters. The lowest BCUT2D eigenvalue weighted by Crippen LogP contribution is -2.23. The summed E-state index contributed by atoms with van der Waals surface area (Å²) in [4.78, 5) is 22.8. The minimum atomic E-state index is -0.778. The number of nitrogens with one attached hydrogen (secondary N) is 1. The smallest absolute Gasteiger partial charge is 0.285 e. The molecule has 1 heterocycles. The van der Waals surface area contributed by atoms with E-state index in [1.165, 1.54) is 11.3 Å². The molecule has 1 N–H and O–H groups in total. The normalized spacial score (nSPS) is 10.3. The van der Waals surface area contributed by atoms with Gasteiger partial charge >= 0.3 is 0 Å². The highest BCUT2D eigenvalue weighted by Crippen LogP contribution is 2.23. The van der Waals surface area contributed by atoms with Gasteiger partial charge in [0.05, 0.1) is 21.3 Å². The number of carbonyl (C=O) groups is 1. The van der Waals surface area contributed by atoms with Crippen molar-refractivity contribution in [1.29, 1.82) is 0 Å². The Morgan fingerprint density at radius 1 is 1.40 bits per heavy atom. The van der Waals surface area contributed by atoms with Crippen LogP contribution in [-0.4, -0.2) is 10.8 Å². The van der Waals surface area contributed by atoms with E-state index in [4.69, 9.17) is 0 Å². The zero-order chi connectivity index (χ0) is 14.7. The van der Waals surface area contributed by atoms with E-state index in [9.17, 15) is 19.3 Å². The van der Waals surface area contributed by atoms with Crippen LogP contribution in [0, 0.1) is 15.9 Å². The molecule has 8 heteroatoms. The van der Waals surface area contributed by atoms with Gasteiger partial charge in [-0.3, -0.25) is 14.9 Å². The summed E-state index contributed by atoms with van der Waals surface area (Å²) >= 11 is 4.74. The number of hydrogen-bond donors (Lipinski definition) is 1. The second-order valence-corrected chi connectivity index (χ2v) is 6.35. The van der Waals surface area contributed by atoms with E-state index in [1.54, 1.807) is 0 Å². The number of rotatable bonds is 4. The van der Waals surface area contributed by atoms with Crippen molar-refractivity contribution in [2.45, 2.75) is 6.54 Å². The van der Waals surface area contributed by atoms with Crippen LogP contribution in [0.15, 0.2) is 34.1 Å². The molecule has 0 aliphatic rings. The molecule has 1 aromatic heterocycles. The van der Waals surface area contributed by atoms with Gasteiger partial charge in [-0.15, -0.1) is 11.3 Å². The Labute approximate surface area is 125 Å². The molecule has 2 aromatic rings. The predicted molar refractivity (Wildman–Crippen MR) is 76.2 cm³/mol. The molecule has 0 atom stereocenters. The van der Waals surface area contributed by atoms with Gasteiger partial charge in [-0.1, -0.05) is 0 Å². The maximum atomic E-state index is 13.0. The third-order valence-corrected chi connectivity index (χ3v) is 4.08. The molecule has 0 aliphatic carbocycles. The molecule has 2 rings (SSSR count). The largest absolute Gasteiger partial charge is 0.347 e. The Morgan fingerprint density at radius 3 is 2.75 bits per heavy atom. The van der Waals surface area contributed by atoms with Gasteiger partial charge in [0.2, 0.25) is 0 Å². The third kappa shape index (κ3) is 3.40. The number of nitro benzene ring substituents is 1. The van der Waals surface area contributed by atoms with Gasteiger partial charge in [-0.2, -0.15) is 0 Å². The molecule has 1 aromatic carbocycles. The average Bonchev–Trinajstić information content (AvgIpc) is 2.81. The standard InChI is InChI=1S/C12H8BrFN2O3S/c13-11-4-2-8(20-11)6-15-12(17)9-3-1-7(14)5-10(9)16(18)19/h1-5H,6H2,(H,15,17). The van der Waals surface area contributed by atoms with E-state index in [-0.39, 0.29) is 12.1 Å². The molecule has 0 saturated carbocycles. The van der Waals surface area contributed by atoms with Crippen molar-refractivity contribution in [2.24, 2.45) is 0 Å². The zero-order valence-electron chi connectivity index (χ0n) is 9.93. The van der Waals surface area contributed by atoms with Crippen LogP contribution in [0.5, 0.6) is 0 Å². The summed E-state index contributed by atoms with van der Waals surface area (Å²) in [7, 11) is 0. The number of thiophene rings is 1. The highest BCUT2D eigenvalue weighted by molar-refractivity contribution is 9.11. The number of nitrogens with zero attached hydrogens (tertiary/aromatic N) is 1. The average molecular weight is 359 g/mol. The Balaban J connectivity index is 2.15. The Kier molecular flexibility index (Phi) is 4.46. The third-order valence-electron chi connectivity index (χ3n) is 2.45. The van der Waals surface area contributed by atoms with Gasteiger partial charge in [0, 0.05) is 4.88 Å². The van der Waals surface area contributed by atoms with E-state index in [2.05, 4.69) is 21.2 Å². The van der Waals surface area contributed by atoms with E-state index < -0.39 is 22.3 Å². The van der Waals surface area contributed by atoms with Gasteiger partial charge in [-0.25, -0.2) is 4.39 Å². The van der Waals surface area contributed by atoms with Crippen LogP contribution < -0.4 is 5.32 Å². The lowest BCUT2D eigenvalue weighted by molar-refractivity contribution is -0.385. The number of carbonyl (C=O) groups excluding carboxylic acids is 1. The van der Waals surface area contributed by atoms with Crippen LogP contribution in [0.2, 0.25) is 0 Å². The molecule has 20 heavy (non-hydrogen) atoms. The first-order valence-electron chi connectivity index (χ1n) is 5.43. The predicted octanol–water partition coefficient (Wildman–Crippen LogP) is 3.49. The lowest BCUT2D eigenvalue weighted by atomic mass is 10.1. The van der Waals surface area contributed by atoms with Crippen molar-refractivity contribution in [3.63, 3.8) is 0 Å². The van der Waals surface area contributed by atoms with Gasteiger partial charge in [0.15, 0.2) is 0 Å². The minimum Gasteiger partial charge on any atom is -0.347 e. The van der Waals surface area contributed by atoms with Crippen LogP contribution >= 0.6 is 27.3 Å². The summed E-state index contributed by atoms with van der Waals surface area (Å²) < 4.78 is 13.9. The quantitative estimate of drug-likeness (QED) is 0.671. The lowest BCUT2D eigenvalue weighted by Gasteiger charge is -2.04. The molecule has 0 fully saturated rings. The highest BCUT2D eigenvalue weighted by Gasteiger charge is 2.20. The minimum absolute atomic E-state index is 0.160. The van der Waals surface area contributed by atoms with Crippen molar-refractivity contribution in [1.82, 2.24) is 5.32 Å². The Bertz CT molecular complexity index is 674. The summed E-state index contributed by atoms with van der Waals surface area (Å²) in [6.07, 6.45) is 0. The number of benzene rings is 1. The SMILES string of the molecule is O=C(NCc1ccc(Br)s1)c1ccc(F)cc1[N+](=O)[O-]. The van der Waals surface area contributed by atoms with Crippen LogP contribution in [0.25, 0.3) is 0 Å². The molecule has 5 nitrogen and oxygen atoms in total. The highest BCUT2D eigenvalue weighted by atomic mass is 79.9. The first-order chi connectivity index (χ1) is 9.47. The van der Waals surface area contributed by atoms with Gasteiger partial charge in [0.1, 0.15) is 11.4 Å². The van der Waals surface area contributed by atoms with E-state index in [1.807, 2.05) is 12.1 Å². The molecule has 1 amide bonds. The fourth-order valence-corrected chi connectivity index (χ4v) is 2.98. The zero-order valence-corrected chi connectivity index (χ0v) is 12.3. The van der Waals surface area contributed by atoms with E-state index in [0.717, 1.165) is 26.9 Å². The van der Waals surface area contributed by atoms with Crippen LogP contribution in [0.1, 0.15) is 15.2 Å². The maximum absolute atomic E-state index is 13.0. The second-order valence-electron chi connectivity index (χ2n) is 3.81. The van der Waals surface area contributed by atoms with Crippen LogP contribution in [0.3, 0.4) is 0 Å². The van der Waals surface area contributed by atoms with Gasteiger partial charge in [-0.05, 0) is 40.2 Å². The first kappa shape index (κ1) is 14.6. The summed E-state index contributed by atoms with van der Waals surface area (Å²) in [6.45, 7) is 0.254. The monoisotopic (exact) mass is 358 g/mol. The first-order valence-corrected chi connectivity index (χ1v) is 7.04. The van der Waals surface area contributed by atoms with Crippen molar-refractivity contribution >= 4 is 38.9 Å². The molecule has 0 radical (unpaired) electrons. The molecule has 0 spiro atoms. The van der Waals surface area contributed by atoms with Crippen LogP contribution in [0.4, 0.5) is 10.1 Å².